The van der Waals surface area contributed by atoms with Crippen LogP contribution in [-0.4, -0.2) is 38.9 Å². The summed E-state index contributed by atoms with van der Waals surface area (Å²) in [4.78, 5) is 4.49. The molecule has 158 valence electrons. The molecule has 0 spiro atoms. The average molecular weight is 419 g/mol. The van der Waals surface area contributed by atoms with E-state index in [4.69, 9.17) is 18.7 Å². The molecule has 0 bridgehead atoms. The van der Waals surface area contributed by atoms with Gasteiger partial charge in [-0.2, -0.15) is 4.98 Å². The highest BCUT2D eigenvalue weighted by molar-refractivity contribution is 5.59. The first-order valence-corrected chi connectivity index (χ1v) is 10.0. The molecule has 0 amide bonds. The van der Waals surface area contributed by atoms with Crippen LogP contribution in [0.3, 0.4) is 0 Å². The fourth-order valence-corrected chi connectivity index (χ4v) is 3.50. The summed E-state index contributed by atoms with van der Waals surface area (Å²) in [5, 5.41) is 12.6. The second-order valence-corrected chi connectivity index (χ2v) is 7.02. The van der Waals surface area contributed by atoms with Crippen LogP contribution in [-0.2, 0) is 17.9 Å². The second kappa shape index (κ2) is 8.19. The first kappa shape index (κ1) is 19.3. The Morgan fingerprint density at radius 2 is 1.84 bits per heavy atom. The van der Waals surface area contributed by atoms with Gasteiger partial charge in [-0.05, 0) is 48.9 Å². The van der Waals surface area contributed by atoms with Crippen molar-refractivity contribution in [3.63, 3.8) is 0 Å². The lowest BCUT2D eigenvalue weighted by Gasteiger charge is -2.24. The summed E-state index contributed by atoms with van der Waals surface area (Å²) in [5.41, 5.74) is 3.24. The van der Waals surface area contributed by atoms with Crippen LogP contribution in [0.1, 0.15) is 24.3 Å². The zero-order valence-corrected chi connectivity index (χ0v) is 17.2. The molecule has 2 aromatic heterocycles. The van der Waals surface area contributed by atoms with Gasteiger partial charge >= 0.3 is 0 Å². The van der Waals surface area contributed by atoms with Gasteiger partial charge in [0.1, 0.15) is 17.6 Å². The number of benzene rings is 2. The molecule has 0 saturated carbocycles. The third kappa shape index (κ3) is 3.75. The highest BCUT2D eigenvalue weighted by Crippen LogP contribution is 2.31. The van der Waals surface area contributed by atoms with E-state index in [-0.39, 0.29) is 6.10 Å². The molecule has 1 atom stereocenters. The molecule has 3 heterocycles. The lowest BCUT2D eigenvalue weighted by atomic mass is 10.1. The van der Waals surface area contributed by atoms with E-state index >= 15 is 0 Å². The topological polar surface area (TPSA) is 97.3 Å². The Kier molecular flexibility index (Phi) is 5.09. The predicted octanol–water partition coefficient (Wildman–Crippen LogP) is 3.67. The molecule has 0 radical (unpaired) electrons. The van der Waals surface area contributed by atoms with E-state index in [9.17, 15) is 0 Å². The van der Waals surface area contributed by atoms with Gasteiger partial charge in [0.2, 0.25) is 5.82 Å². The maximum Gasteiger partial charge on any atom is 0.280 e. The number of rotatable bonds is 6. The zero-order chi connectivity index (χ0) is 21.2. The van der Waals surface area contributed by atoms with E-state index in [1.807, 2.05) is 60.1 Å². The molecular weight excluding hydrogens is 398 g/mol. The molecule has 9 nitrogen and oxygen atoms in total. The van der Waals surface area contributed by atoms with Crippen molar-refractivity contribution in [1.29, 1.82) is 0 Å². The summed E-state index contributed by atoms with van der Waals surface area (Å²) >= 11 is 0. The van der Waals surface area contributed by atoms with Gasteiger partial charge in [-0.3, -0.25) is 0 Å². The fraction of sp³-hybridized carbons (Fsp3) is 0.273. The number of fused-ring (bicyclic) bond motifs is 1. The normalized spacial score (nSPS) is 15.5. The van der Waals surface area contributed by atoms with Gasteiger partial charge in [-0.25, -0.2) is 4.68 Å². The molecule has 1 aliphatic rings. The van der Waals surface area contributed by atoms with E-state index in [0.29, 0.717) is 37.2 Å². The summed E-state index contributed by atoms with van der Waals surface area (Å²) in [6.45, 7) is 3.50. The second-order valence-electron chi connectivity index (χ2n) is 7.02. The average Bonchev–Trinajstić information content (AvgIpc) is 3.46. The van der Waals surface area contributed by atoms with Gasteiger partial charge in [0.25, 0.3) is 5.89 Å². The van der Waals surface area contributed by atoms with E-state index < -0.39 is 0 Å². The molecule has 31 heavy (non-hydrogen) atoms. The van der Waals surface area contributed by atoms with Gasteiger partial charge in [-0.1, -0.05) is 22.5 Å². The van der Waals surface area contributed by atoms with Crippen LogP contribution in [0.15, 0.2) is 53.1 Å². The van der Waals surface area contributed by atoms with Crippen LogP contribution in [0, 0.1) is 0 Å². The summed E-state index contributed by atoms with van der Waals surface area (Å²) in [7, 11) is 1.62. The van der Waals surface area contributed by atoms with Crippen LogP contribution in [0.5, 0.6) is 11.5 Å². The molecule has 0 aliphatic carbocycles. The third-order valence-electron chi connectivity index (χ3n) is 5.14. The summed E-state index contributed by atoms with van der Waals surface area (Å²) < 4.78 is 24.1. The molecule has 1 unspecified atom stereocenters. The van der Waals surface area contributed by atoms with E-state index in [0.717, 1.165) is 28.3 Å². The maximum atomic E-state index is 6.08. The van der Waals surface area contributed by atoms with Gasteiger partial charge in [0.05, 0.1) is 32.6 Å². The van der Waals surface area contributed by atoms with E-state index in [1.165, 1.54) is 0 Å². The van der Waals surface area contributed by atoms with Crippen LogP contribution in [0.4, 0.5) is 0 Å². The maximum absolute atomic E-state index is 6.08. The Hall–Kier alpha value is -3.72. The minimum Gasteiger partial charge on any atom is -0.497 e. The summed E-state index contributed by atoms with van der Waals surface area (Å²) in [6, 6.07) is 15.4. The highest BCUT2D eigenvalue weighted by Gasteiger charge is 2.28. The summed E-state index contributed by atoms with van der Waals surface area (Å²) in [5.74, 6) is 2.40. The molecule has 2 aromatic carbocycles. The van der Waals surface area contributed by atoms with Crippen molar-refractivity contribution >= 4 is 0 Å². The highest BCUT2D eigenvalue weighted by atomic mass is 16.5. The number of aromatic nitrogens is 5. The number of ether oxygens (including phenoxy) is 3. The van der Waals surface area contributed by atoms with Crippen LogP contribution >= 0.6 is 0 Å². The van der Waals surface area contributed by atoms with E-state index in [1.54, 1.807) is 7.11 Å². The van der Waals surface area contributed by atoms with Crippen molar-refractivity contribution in [3.8, 4) is 34.5 Å². The molecule has 4 aromatic rings. The summed E-state index contributed by atoms with van der Waals surface area (Å²) in [6.07, 6.45) is -0.115. The zero-order valence-electron chi connectivity index (χ0n) is 17.2. The minimum atomic E-state index is -0.115. The number of hydrogen-bond donors (Lipinski definition) is 0. The number of hydrogen-bond acceptors (Lipinski definition) is 8. The Morgan fingerprint density at radius 3 is 2.58 bits per heavy atom. The monoisotopic (exact) mass is 419 g/mol. The fourth-order valence-electron chi connectivity index (χ4n) is 3.50. The Morgan fingerprint density at radius 1 is 1.06 bits per heavy atom. The lowest BCUT2D eigenvalue weighted by molar-refractivity contribution is -0.00119. The molecule has 1 aliphatic heterocycles. The molecular formula is C22H21N5O4. The van der Waals surface area contributed by atoms with Crippen LogP contribution < -0.4 is 9.47 Å². The van der Waals surface area contributed by atoms with Crippen molar-refractivity contribution in [1.82, 2.24) is 25.1 Å². The molecule has 0 fully saturated rings. The van der Waals surface area contributed by atoms with Crippen molar-refractivity contribution in [2.24, 2.45) is 0 Å². The van der Waals surface area contributed by atoms with Gasteiger partial charge < -0.3 is 18.7 Å². The van der Waals surface area contributed by atoms with Crippen molar-refractivity contribution in [3.05, 3.63) is 59.8 Å². The largest absolute Gasteiger partial charge is 0.497 e. The Labute approximate surface area is 178 Å². The molecule has 9 heteroatoms. The van der Waals surface area contributed by atoms with Gasteiger partial charge in [0.15, 0.2) is 5.69 Å². The molecule has 0 N–H and O–H groups in total. The van der Waals surface area contributed by atoms with Crippen molar-refractivity contribution in [2.75, 3.05) is 13.7 Å². The van der Waals surface area contributed by atoms with Gasteiger partial charge in [0, 0.05) is 5.56 Å². The van der Waals surface area contributed by atoms with Crippen molar-refractivity contribution in [2.45, 2.75) is 26.2 Å². The quantitative estimate of drug-likeness (QED) is 0.467. The predicted molar refractivity (Wildman–Crippen MR) is 110 cm³/mol. The van der Waals surface area contributed by atoms with Crippen LogP contribution in [0.2, 0.25) is 0 Å². The number of methoxy groups -OCH3 is 1. The van der Waals surface area contributed by atoms with Gasteiger partial charge in [-0.15, -0.1) is 5.10 Å². The van der Waals surface area contributed by atoms with Crippen molar-refractivity contribution < 1.29 is 18.7 Å². The number of nitrogens with zero attached hydrogens (tertiary/aromatic N) is 5. The SMILES string of the molecule is CCOc1ccc(C2Cn3nnc(-c4nc(-c5ccc(OC)cc5)no4)c3CO2)cc1. The molecule has 5 rings (SSSR count). The lowest BCUT2D eigenvalue weighted by Crippen LogP contribution is -2.22. The smallest absolute Gasteiger partial charge is 0.280 e. The minimum absolute atomic E-state index is 0.115. The van der Waals surface area contributed by atoms with Crippen LogP contribution in [0.25, 0.3) is 23.0 Å². The standard InChI is InChI=1S/C22H21N5O4/c1-3-29-17-10-4-14(5-11-17)19-12-27-18(13-30-19)20(24-26-27)22-23-21(25-31-22)15-6-8-16(28-2)9-7-15/h4-11,19H,3,12-13H2,1-2H3. The first-order valence-electron chi connectivity index (χ1n) is 10.0. The molecule has 0 saturated heterocycles. The Balaban J connectivity index is 1.34. The van der Waals surface area contributed by atoms with E-state index in [2.05, 4.69) is 20.5 Å². The third-order valence-corrected chi connectivity index (χ3v) is 5.14. The Bertz CT molecular complexity index is 1170. The first-order chi connectivity index (χ1) is 15.2.